The first-order valence-electron chi connectivity index (χ1n) is 3.04. The lowest BCUT2D eigenvalue weighted by molar-refractivity contribution is -0.135. The van der Waals surface area contributed by atoms with E-state index in [0.29, 0.717) is 12.8 Å². The molecule has 1 heterocycles. The molecule has 3 heteroatoms. The minimum absolute atomic E-state index is 0.0164. The maximum absolute atomic E-state index is 10.7. The van der Waals surface area contributed by atoms with Crippen LogP contribution in [-0.4, -0.2) is 11.8 Å². The highest BCUT2D eigenvalue weighted by Crippen LogP contribution is 2.09. The molecule has 1 aliphatic heterocycles. The van der Waals surface area contributed by atoms with Crippen LogP contribution in [0, 0.1) is 5.92 Å². The zero-order valence-electron chi connectivity index (χ0n) is 5.31. The van der Waals surface area contributed by atoms with E-state index >= 15 is 0 Å². The van der Waals surface area contributed by atoms with Crippen LogP contribution in [0.1, 0.15) is 19.8 Å². The van der Waals surface area contributed by atoms with Crippen molar-refractivity contribution in [1.82, 2.24) is 5.32 Å². The minimum atomic E-state index is -0.141. The summed E-state index contributed by atoms with van der Waals surface area (Å²) in [6.07, 6.45) is 1.19. The molecule has 3 nitrogen and oxygen atoms in total. The number of imide groups is 1. The highest BCUT2D eigenvalue weighted by Gasteiger charge is 2.21. The van der Waals surface area contributed by atoms with Crippen LogP contribution >= 0.6 is 0 Å². The Morgan fingerprint density at radius 1 is 1.56 bits per heavy atom. The Morgan fingerprint density at radius 3 is 2.67 bits per heavy atom. The second-order valence-corrected chi connectivity index (χ2v) is 2.35. The summed E-state index contributed by atoms with van der Waals surface area (Å²) in [5, 5.41) is 2.25. The molecule has 0 aliphatic carbocycles. The van der Waals surface area contributed by atoms with Crippen molar-refractivity contribution in [1.29, 1.82) is 0 Å². The van der Waals surface area contributed by atoms with Gasteiger partial charge in [-0.3, -0.25) is 14.9 Å². The van der Waals surface area contributed by atoms with Gasteiger partial charge in [-0.1, -0.05) is 6.92 Å². The van der Waals surface area contributed by atoms with Crippen LogP contribution in [0.15, 0.2) is 0 Å². The van der Waals surface area contributed by atoms with Crippen molar-refractivity contribution in [3.8, 4) is 0 Å². The van der Waals surface area contributed by atoms with Crippen molar-refractivity contribution in [2.75, 3.05) is 0 Å². The van der Waals surface area contributed by atoms with Crippen molar-refractivity contribution in [2.45, 2.75) is 19.8 Å². The lowest BCUT2D eigenvalue weighted by Gasteiger charge is -2.15. The fourth-order valence-corrected chi connectivity index (χ4v) is 0.802. The van der Waals surface area contributed by atoms with E-state index in [2.05, 4.69) is 5.32 Å². The Bertz CT molecular complexity index is 153. The maximum atomic E-state index is 10.7. The third kappa shape index (κ3) is 1.28. The van der Waals surface area contributed by atoms with Crippen LogP contribution in [0.4, 0.5) is 0 Å². The van der Waals surface area contributed by atoms with Gasteiger partial charge in [0.15, 0.2) is 0 Å². The summed E-state index contributed by atoms with van der Waals surface area (Å²) in [7, 11) is 0. The molecule has 1 rings (SSSR count). The first-order valence-corrected chi connectivity index (χ1v) is 3.04. The van der Waals surface area contributed by atoms with E-state index in [0.717, 1.165) is 0 Å². The maximum Gasteiger partial charge on any atom is 0.229 e. The van der Waals surface area contributed by atoms with E-state index in [9.17, 15) is 9.59 Å². The van der Waals surface area contributed by atoms with Crippen LogP contribution in [0.25, 0.3) is 0 Å². The van der Waals surface area contributed by atoms with Gasteiger partial charge >= 0.3 is 0 Å². The molecule has 9 heavy (non-hydrogen) atoms. The highest BCUT2D eigenvalue weighted by molar-refractivity contribution is 5.98. The SMILES string of the molecule is C[C@@H]1CCC(=O)NC1=O. The van der Waals surface area contributed by atoms with E-state index in [1.54, 1.807) is 0 Å². The molecule has 0 unspecified atom stereocenters. The predicted octanol–water partition coefficient (Wildman–Crippen LogP) is 0.0591. The molecule has 2 amide bonds. The lowest BCUT2D eigenvalue weighted by Crippen LogP contribution is -2.39. The summed E-state index contributed by atoms with van der Waals surface area (Å²) in [5.74, 6) is -0.257. The van der Waals surface area contributed by atoms with Gasteiger partial charge in [-0.25, -0.2) is 0 Å². The summed E-state index contributed by atoms with van der Waals surface area (Å²) in [4.78, 5) is 21.2. The minimum Gasteiger partial charge on any atom is -0.296 e. The van der Waals surface area contributed by atoms with Crippen LogP contribution in [-0.2, 0) is 9.59 Å². The fourth-order valence-electron chi connectivity index (χ4n) is 0.802. The predicted molar refractivity (Wildman–Crippen MR) is 31.5 cm³/mol. The number of nitrogens with one attached hydrogen (secondary N) is 1. The van der Waals surface area contributed by atoms with E-state index in [1.807, 2.05) is 6.92 Å². The molecule has 1 fully saturated rings. The summed E-state index contributed by atoms with van der Waals surface area (Å²) in [6, 6.07) is 0. The Kier molecular flexibility index (Phi) is 1.51. The molecule has 1 aliphatic rings. The van der Waals surface area contributed by atoms with Crippen molar-refractivity contribution in [3.05, 3.63) is 0 Å². The Morgan fingerprint density at radius 2 is 2.22 bits per heavy atom. The third-order valence-corrected chi connectivity index (χ3v) is 1.51. The molecule has 0 saturated carbocycles. The molecular formula is C6H9NO2. The number of carbonyl (C=O) groups excluding carboxylic acids is 2. The van der Waals surface area contributed by atoms with E-state index in [1.165, 1.54) is 0 Å². The Labute approximate surface area is 53.4 Å². The summed E-state index contributed by atoms with van der Waals surface area (Å²) < 4.78 is 0. The van der Waals surface area contributed by atoms with Crippen LogP contribution in [0.5, 0.6) is 0 Å². The number of piperidine rings is 1. The number of hydrogen-bond acceptors (Lipinski definition) is 2. The van der Waals surface area contributed by atoms with Gasteiger partial charge in [-0.2, -0.15) is 0 Å². The quantitative estimate of drug-likeness (QED) is 0.468. The number of hydrogen-bond donors (Lipinski definition) is 1. The molecule has 0 spiro atoms. The topological polar surface area (TPSA) is 46.2 Å². The average molecular weight is 127 g/mol. The molecule has 0 aromatic rings. The summed E-state index contributed by atoms with van der Waals surface area (Å²) in [5.41, 5.74) is 0. The molecule has 0 radical (unpaired) electrons. The number of carbonyl (C=O) groups is 2. The largest absolute Gasteiger partial charge is 0.296 e. The van der Waals surface area contributed by atoms with Gasteiger partial charge < -0.3 is 0 Å². The van der Waals surface area contributed by atoms with Gasteiger partial charge in [0.2, 0.25) is 11.8 Å². The first kappa shape index (κ1) is 6.26. The molecule has 1 saturated heterocycles. The van der Waals surface area contributed by atoms with E-state index in [-0.39, 0.29) is 17.7 Å². The zero-order chi connectivity index (χ0) is 6.85. The van der Waals surface area contributed by atoms with Crippen molar-refractivity contribution in [2.24, 2.45) is 5.92 Å². The molecule has 0 aromatic heterocycles. The van der Waals surface area contributed by atoms with Gasteiger partial charge in [-0.05, 0) is 6.42 Å². The lowest BCUT2D eigenvalue weighted by atomic mass is 10.0. The van der Waals surface area contributed by atoms with Gasteiger partial charge in [0.25, 0.3) is 0 Å². The van der Waals surface area contributed by atoms with Crippen molar-refractivity contribution >= 4 is 11.8 Å². The molecule has 50 valence electrons. The Hall–Kier alpha value is -0.860. The highest BCUT2D eigenvalue weighted by atomic mass is 16.2. The third-order valence-electron chi connectivity index (χ3n) is 1.51. The molecular weight excluding hydrogens is 118 g/mol. The number of amides is 2. The molecule has 1 atom stereocenters. The normalized spacial score (nSPS) is 27.9. The Balaban J connectivity index is 2.54. The second kappa shape index (κ2) is 2.17. The summed E-state index contributed by atoms with van der Waals surface area (Å²) >= 11 is 0. The second-order valence-electron chi connectivity index (χ2n) is 2.35. The fraction of sp³-hybridized carbons (Fsp3) is 0.667. The first-order chi connectivity index (χ1) is 4.20. The van der Waals surface area contributed by atoms with Gasteiger partial charge in [-0.15, -0.1) is 0 Å². The van der Waals surface area contributed by atoms with Gasteiger partial charge in [0, 0.05) is 12.3 Å². The average Bonchev–Trinajstić information content (AvgIpc) is 1.80. The van der Waals surface area contributed by atoms with Crippen LogP contribution in [0.2, 0.25) is 0 Å². The van der Waals surface area contributed by atoms with E-state index in [4.69, 9.17) is 0 Å². The number of rotatable bonds is 0. The van der Waals surface area contributed by atoms with E-state index < -0.39 is 0 Å². The van der Waals surface area contributed by atoms with Crippen LogP contribution in [0.3, 0.4) is 0 Å². The molecule has 0 aromatic carbocycles. The smallest absolute Gasteiger partial charge is 0.229 e. The van der Waals surface area contributed by atoms with Gasteiger partial charge in [0.1, 0.15) is 0 Å². The molecule has 0 bridgehead atoms. The van der Waals surface area contributed by atoms with Crippen molar-refractivity contribution < 1.29 is 9.59 Å². The van der Waals surface area contributed by atoms with Gasteiger partial charge in [0.05, 0.1) is 0 Å². The monoisotopic (exact) mass is 127 g/mol. The standard InChI is InChI=1S/C6H9NO2/c1-4-2-3-5(8)7-6(4)9/h4H,2-3H2,1H3,(H,7,8,9)/t4-/m1/s1. The van der Waals surface area contributed by atoms with Crippen LogP contribution < -0.4 is 5.32 Å². The summed E-state index contributed by atoms with van der Waals surface area (Å²) in [6.45, 7) is 1.82. The zero-order valence-corrected chi connectivity index (χ0v) is 5.31. The molecule has 1 N–H and O–H groups in total. The van der Waals surface area contributed by atoms with Crippen molar-refractivity contribution in [3.63, 3.8) is 0 Å².